The zero-order valence-corrected chi connectivity index (χ0v) is 2.96. The number of rotatable bonds is 0. The van der Waals surface area contributed by atoms with Crippen LogP contribution in [0.25, 0.3) is 0 Å². The summed E-state index contributed by atoms with van der Waals surface area (Å²) in [7, 11) is 0. The summed E-state index contributed by atoms with van der Waals surface area (Å²) in [6, 6.07) is 0. The zero-order chi connectivity index (χ0) is 0. The molecular weight excluding hydrogens is 134 g/mol. The first kappa shape index (κ1) is 124. The van der Waals surface area contributed by atoms with Gasteiger partial charge in [0.05, 0.1) is 0 Å². The molecule has 0 N–H and O–H groups in total. The van der Waals surface area contributed by atoms with Crippen LogP contribution in [0, 0.1) is 0 Å². The van der Waals surface area contributed by atoms with Crippen LogP contribution in [0.4, 0.5) is 0 Å². The SMILES string of the molecule is [BH4-].[BH4-].[BH4-].[BH4-].[Zr+4]. The Bertz CT molecular complexity index is 3.61. The molecule has 5 heavy (non-hydrogen) atoms. The van der Waals surface area contributed by atoms with Gasteiger partial charge >= 0.3 is 26.2 Å². The maximum absolute atomic E-state index is 0. The van der Waals surface area contributed by atoms with Crippen molar-refractivity contribution < 1.29 is 26.2 Å². The first-order valence-corrected chi connectivity index (χ1v) is 0. The van der Waals surface area contributed by atoms with Gasteiger partial charge in [0.15, 0.2) is 0 Å². The van der Waals surface area contributed by atoms with Crippen molar-refractivity contribution in [1.29, 1.82) is 0 Å². The fraction of sp³-hybridized carbons (Fsp3) is 0. The summed E-state index contributed by atoms with van der Waals surface area (Å²) < 4.78 is 0. The van der Waals surface area contributed by atoms with Gasteiger partial charge in [0, 0.05) is 0 Å². The molecule has 0 rings (SSSR count). The Morgan fingerprint density at radius 3 is 0.400 bits per heavy atom. The van der Waals surface area contributed by atoms with Crippen molar-refractivity contribution in [1.82, 2.24) is 0 Å². The Kier molecular flexibility index (Phi) is 1680. The second kappa shape index (κ2) is 67.6. The summed E-state index contributed by atoms with van der Waals surface area (Å²) in [5.74, 6) is 0. The molecule has 0 aromatic heterocycles. The fourth-order valence-corrected chi connectivity index (χ4v) is 0. The van der Waals surface area contributed by atoms with Crippen LogP contribution in [0.5, 0.6) is 0 Å². The van der Waals surface area contributed by atoms with Gasteiger partial charge in [-0.3, -0.25) is 0 Å². The fourth-order valence-electron chi connectivity index (χ4n) is 0. The average Bonchev–Trinajstić information content (AvgIpc) is 0. The van der Waals surface area contributed by atoms with Crippen molar-refractivity contribution in [2.45, 2.75) is 0 Å². The minimum atomic E-state index is 0. The van der Waals surface area contributed by atoms with Crippen molar-refractivity contribution >= 4 is 33.7 Å². The van der Waals surface area contributed by atoms with Crippen LogP contribution in [-0.4, -0.2) is 33.7 Å². The molecule has 0 radical (unpaired) electrons. The molecular formula is H16B4Zr. The number of hydrogen-bond acceptors (Lipinski definition) is 0. The largest absolute Gasteiger partial charge is 4.00 e. The second-order valence-corrected chi connectivity index (χ2v) is 0. The molecule has 0 spiro atoms. The van der Waals surface area contributed by atoms with E-state index in [1.165, 1.54) is 0 Å². The van der Waals surface area contributed by atoms with Gasteiger partial charge in [0.25, 0.3) is 0 Å². The van der Waals surface area contributed by atoms with E-state index in [0.717, 1.165) is 0 Å². The molecule has 0 aromatic carbocycles. The Labute approximate surface area is 59.9 Å². The van der Waals surface area contributed by atoms with Crippen LogP contribution in [0.15, 0.2) is 0 Å². The minimum absolute atomic E-state index is 0. The van der Waals surface area contributed by atoms with Gasteiger partial charge in [0.2, 0.25) is 0 Å². The molecule has 0 saturated heterocycles. The van der Waals surface area contributed by atoms with Gasteiger partial charge in [0.1, 0.15) is 0 Å². The molecule has 0 amide bonds. The first-order chi connectivity index (χ1) is 0. The van der Waals surface area contributed by atoms with Gasteiger partial charge in [-0.15, -0.1) is 0 Å². The van der Waals surface area contributed by atoms with E-state index in [1.54, 1.807) is 0 Å². The average molecular weight is 151 g/mol. The third-order valence-corrected chi connectivity index (χ3v) is 0. The third-order valence-electron chi connectivity index (χ3n) is 0. The molecule has 0 saturated carbocycles. The summed E-state index contributed by atoms with van der Waals surface area (Å²) in [6.07, 6.45) is 0. The van der Waals surface area contributed by atoms with Gasteiger partial charge in [-0.1, -0.05) is 33.7 Å². The predicted molar refractivity (Wildman–Crippen MR) is 45.3 cm³/mol. The normalized spacial score (nSPS) is 0. The molecule has 32 valence electrons. The van der Waals surface area contributed by atoms with Crippen molar-refractivity contribution in [3.05, 3.63) is 0 Å². The monoisotopic (exact) mass is 150 g/mol. The van der Waals surface area contributed by atoms with Gasteiger partial charge in [-0.05, 0) is 0 Å². The summed E-state index contributed by atoms with van der Waals surface area (Å²) in [6.45, 7) is 0. The quantitative estimate of drug-likeness (QED) is 0.302. The van der Waals surface area contributed by atoms with Crippen molar-refractivity contribution in [2.75, 3.05) is 0 Å². The Morgan fingerprint density at radius 1 is 0.400 bits per heavy atom. The Morgan fingerprint density at radius 2 is 0.400 bits per heavy atom. The molecule has 0 aromatic rings. The molecule has 0 unspecified atom stereocenters. The molecule has 0 aliphatic carbocycles. The molecule has 0 bridgehead atoms. The third kappa shape index (κ3) is 38.9. The maximum Gasteiger partial charge on any atom is 4.00 e. The Hall–Kier alpha value is 1.14. The molecule has 0 nitrogen and oxygen atoms in total. The summed E-state index contributed by atoms with van der Waals surface area (Å²) >= 11 is 0. The van der Waals surface area contributed by atoms with Gasteiger partial charge < -0.3 is 0 Å². The Balaban J connectivity index is 0. The van der Waals surface area contributed by atoms with Gasteiger partial charge in [-0.25, -0.2) is 0 Å². The van der Waals surface area contributed by atoms with E-state index in [0.29, 0.717) is 0 Å². The molecule has 0 aliphatic rings. The van der Waals surface area contributed by atoms with E-state index in [4.69, 9.17) is 0 Å². The van der Waals surface area contributed by atoms with Crippen molar-refractivity contribution in [2.24, 2.45) is 0 Å². The van der Waals surface area contributed by atoms with Crippen molar-refractivity contribution in [3.63, 3.8) is 0 Å². The van der Waals surface area contributed by atoms with Crippen LogP contribution in [0.3, 0.4) is 0 Å². The zero-order valence-electron chi connectivity index (χ0n) is 0.500. The molecule has 0 fully saturated rings. The molecule has 0 atom stereocenters. The smallest absolute Gasteiger partial charge is 0.0626 e. The van der Waals surface area contributed by atoms with E-state index >= 15 is 0 Å². The maximum atomic E-state index is 0. The standard InChI is InChI=1S/4BH4.Zr/h4*1H4;/q4*-1;+4. The molecule has 5 heteroatoms. The first-order valence-electron chi connectivity index (χ1n) is 0. The summed E-state index contributed by atoms with van der Waals surface area (Å²) in [4.78, 5) is 0. The van der Waals surface area contributed by atoms with E-state index in [-0.39, 0.29) is 59.9 Å². The van der Waals surface area contributed by atoms with E-state index < -0.39 is 0 Å². The van der Waals surface area contributed by atoms with Crippen LogP contribution < -0.4 is 0 Å². The van der Waals surface area contributed by atoms with Crippen LogP contribution in [0.2, 0.25) is 0 Å². The second-order valence-electron chi connectivity index (χ2n) is 0. The van der Waals surface area contributed by atoms with Crippen LogP contribution in [-0.2, 0) is 26.2 Å². The van der Waals surface area contributed by atoms with E-state index in [2.05, 4.69) is 0 Å². The summed E-state index contributed by atoms with van der Waals surface area (Å²) in [5, 5.41) is 0. The molecule has 0 aliphatic heterocycles. The van der Waals surface area contributed by atoms with E-state index in [1.807, 2.05) is 0 Å². The minimum Gasteiger partial charge on any atom is -0.0626 e. The van der Waals surface area contributed by atoms with Crippen molar-refractivity contribution in [3.8, 4) is 0 Å². The van der Waals surface area contributed by atoms with Crippen LogP contribution >= 0.6 is 0 Å². The number of hydrogen-bond donors (Lipinski definition) is 0. The van der Waals surface area contributed by atoms with Gasteiger partial charge in [-0.2, -0.15) is 0 Å². The molecule has 0 heterocycles. The van der Waals surface area contributed by atoms with Crippen LogP contribution in [0.1, 0.15) is 0 Å². The van der Waals surface area contributed by atoms with E-state index in [9.17, 15) is 0 Å². The predicted octanol–water partition coefficient (Wildman–Crippen LogP) is -5.81. The topological polar surface area (TPSA) is 0 Å². The summed E-state index contributed by atoms with van der Waals surface area (Å²) in [5.41, 5.74) is 0.